The summed E-state index contributed by atoms with van der Waals surface area (Å²) in [6.07, 6.45) is -0.311. The second-order valence-corrected chi connectivity index (χ2v) is 4.83. The second kappa shape index (κ2) is 5.64. The van der Waals surface area contributed by atoms with Gasteiger partial charge in [0.2, 0.25) is 5.82 Å². The number of hydrogen-bond acceptors (Lipinski definition) is 4. The molecule has 0 saturated carbocycles. The number of rotatable bonds is 5. The lowest BCUT2D eigenvalue weighted by atomic mass is 10.00. The Labute approximate surface area is 113 Å². The Balaban J connectivity index is 2.91. The van der Waals surface area contributed by atoms with Gasteiger partial charge in [-0.2, -0.15) is 4.39 Å². The normalized spacial score (nSPS) is 10.9. The molecular formula is C12H13FN2O5. The van der Waals surface area contributed by atoms with Gasteiger partial charge >= 0.3 is 11.7 Å². The Bertz CT molecular complexity index is 571. The van der Waals surface area contributed by atoms with Crippen molar-refractivity contribution in [1.29, 1.82) is 0 Å². The van der Waals surface area contributed by atoms with E-state index in [4.69, 9.17) is 5.11 Å². The summed E-state index contributed by atoms with van der Waals surface area (Å²) in [5.74, 6) is -2.92. The third-order valence-electron chi connectivity index (χ3n) is 2.45. The van der Waals surface area contributed by atoms with Crippen molar-refractivity contribution in [3.05, 3.63) is 39.7 Å². The minimum absolute atomic E-state index is 0.119. The molecule has 0 spiro atoms. The van der Waals surface area contributed by atoms with Crippen molar-refractivity contribution in [2.75, 3.05) is 0 Å². The van der Waals surface area contributed by atoms with Gasteiger partial charge in [0.1, 0.15) is 0 Å². The molecule has 0 aromatic heterocycles. The zero-order valence-electron chi connectivity index (χ0n) is 10.8. The fourth-order valence-corrected chi connectivity index (χ4v) is 1.60. The number of nitrogens with one attached hydrogen (secondary N) is 1. The molecule has 0 bridgehead atoms. The molecule has 0 radical (unpaired) electrons. The Hall–Kier alpha value is -2.51. The minimum Gasteiger partial charge on any atom is -0.481 e. The van der Waals surface area contributed by atoms with Gasteiger partial charge in [-0.1, -0.05) is 0 Å². The molecule has 0 unspecified atom stereocenters. The van der Waals surface area contributed by atoms with Crippen molar-refractivity contribution >= 4 is 17.6 Å². The van der Waals surface area contributed by atoms with E-state index < -0.39 is 33.8 Å². The average molecular weight is 284 g/mol. The topological polar surface area (TPSA) is 110 Å². The highest BCUT2D eigenvalue weighted by Gasteiger charge is 2.25. The molecule has 0 heterocycles. The highest BCUT2D eigenvalue weighted by Crippen LogP contribution is 2.18. The smallest absolute Gasteiger partial charge is 0.305 e. The Morgan fingerprint density at radius 3 is 2.50 bits per heavy atom. The van der Waals surface area contributed by atoms with E-state index in [0.717, 1.165) is 18.2 Å². The first-order valence-electron chi connectivity index (χ1n) is 5.60. The van der Waals surface area contributed by atoms with Crippen LogP contribution in [0.1, 0.15) is 30.6 Å². The highest BCUT2D eigenvalue weighted by atomic mass is 19.1. The maximum atomic E-state index is 13.4. The Morgan fingerprint density at radius 2 is 2.05 bits per heavy atom. The molecule has 1 amide bonds. The van der Waals surface area contributed by atoms with Gasteiger partial charge in [-0.05, 0) is 26.0 Å². The summed E-state index contributed by atoms with van der Waals surface area (Å²) in [5, 5.41) is 21.6. The molecule has 0 aliphatic rings. The van der Waals surface area contributed by atoms with Gasteiger partial charge in [-0.25, -0.2) is 0 Å². The molecule has 0 aliphatic heterocycles. The minimum atomic E-state index is -1.13. The molecule has 7 nitrogen and oxygen atoms in total. The summed E-state index contributed by atoms with van der Waals surface area (Å²) < 4.78 is 13.4. The van der Waals surface area contributed by atoms with Crippen LogP contribution in [0.15, 0.2) is 18.2 Å². The largest absolute Gasteiger partial charge is 0.481 e. The summed E-state index contributed by atoms with van der Waals surface area (Å²) in [5.41, 5.74) is -1.88. The third kappa shape index (κ3) is 4.01. The van der Waals surface area contributed by atoms with Crippen molar-refractivity contribution in [1.82, 2.24) is 5.32 Å². The van der Waals surface area contributed by atoms with Gasteiger partial charge in [0.15, 0.2) is 0 Å². The zero-order chi connectivity index (χ0) is 15.5. The average Bonchev–Trinajstić information content (AvgIpc) is 2.25. The van der Waals surface area contributed by atoms with Crippen LogP contribution in [0.4, 0.5) is 10.1 Å². The predicted molar refractivity (Wildman–Crippen MR) is 66.9 cm³/mol. The van der Waals surface area contributed by atoms with Gasteiger partial charge in [-0.15, -0.1) is 0 Å². The number of benzene rings is 1. The van der Waals surface area contributed by atoms with Crippen molar-refractivity contribution in [2.45, 2.75) is 25.8 Å². The van der Waals surface area contributed by atoms with Crippen LogP contribution in [-0.4, -0.2) is 27.4 Å². The number of nitrogens with zero attached hydrogens (tertiary/aromatic N) is 1. The van der Waals surface area contributed by atoms with Crippen LogP contribution in [-0.2, 0) is 4.79 Å². The lowest BCUT2D eigenvalue weighted by Crippen LogP contribution is -2.44. The van der Waals surface area contributed by atoms with Crippen LogP contribution in [0.2, 0.25) is 0 Å². The molecule has 0 fully saturated rings. The Kier molecular flexibility index (Phi) is 4.38. The lowest BCUT2D eigenvalue weighted by molar-refractivity contribution is -0.387. The lowest BCUT2D eigenvalue weighted by Gasteiger charge is -2.24. The van der Waals surface area contributed by atoms with Gasteiger partial charge in [0, 0.05) is 17.2 Å². The molecular weight excluding hydrogens is 271 g/mol. The molecule has 108 valence electrons. The summed E-state index contributed by atoms with van der Waals surface area (Å²) in [7, 11) is 0. The van der Waals surface area contributed by atoms with Crippen LogP contribution in [0.3, 0.4) is 0 Å². The van der Waals surface area contributed by atoms with Gasteiger partial charge in [0.25, 0.3) is 5.91 Å². The molecule has 8 heteroatoms. The third-order valence-corrected chi connectivity index (χ3v) is 2.45. The maximum absolute atomic E-state index is 13.4. The fourth-order valence-electron chi connectivity index (χ4n) is 1.60. The number of nitro groups is 1. The predicted octanol–water partition coefficient (Wildman–Crippen LogP) is 1.72. The van der Waals surface area contributed by atoms with E-state index in [1.165, 1.54) is 13.8 Å². The second-order valence-electron chi connectivity index (χ2n) is 4.83. The highest BCUT2D eigenvalue weighted by molar-refractivity contribution is 5.95. The Morgan fingerprint density at radius 1 is 1.45 bits per heavy atom. The number of halogens is 1. The number of nitro benzene ring substituents is 1. The first kappa shape index (κ1) is 15.5. The number of carboxylic acid groups (broad SMARTS) is 1. The molecule has 1 rings (SSSR count). The summed E-state index contributed by atoms with van der Waals surface area (Å²) in [4.78, 5) is 32.0. The van der Waals surface area contributed by atoms with Crippen molar-refractivity contribution < 1.29 is 24.0 Å². The van der Waals surface area contributed by atoms with Crippen molar-refractivity contribution in [2.24, 2.45) is 0 Å². The number of carbonyl (C=O) groups excluding carboxylic acids is 1. The van der Waals surface area contributed by atoms with Gasteiger partial charge in [0.05, 0.1) is 11.3 Å². The molecule has 0 saturated heterocycles. The number of aliphatic carboxylic acids is 1. The zero-order valence-corrected chi connectivity index (χ0v) is 10.8. The van der Waals surface area contributed by atoms with E-state index in [9.17, 15) is 24.1 Å². The van der Waals surface area contributed by atoms with E-state index in [1.807, 2.05) is 0 Å². The quantitative estimate of drug-likeness (QED) is 0.632. The molecule has 0 aliphatic carbocycles. The molecule has 20 heavy (non-hydrogen) atoms. The molecule has 0 atom stereocenters. The molecule has 2 N–H and O–H groups in total. The van der Waals surface area contributed by atoms with Crippen molar-refractivity contribution in [3.63, 3.8) is 0 Å². The van der Waals surface area contributed by atoms with Crippen LogP contribution < -0.4 is 5.32 Å². The van der Waals surface area contributed by atoms with Crippen LogP contribution in [0.5, 0.6) is 0 Å². The number of amides is 1. The van der Waals surface area contributed by atoms with E-state index in [0.29, 0.717) is 0 Å². The fraction of sp³-hybridized carbons (Fsp3) is 0.333. The summed E-state index contributed by atoms with van der Waals surface area (Å²) >= 11 is 0. The summed E-state index contributed by atoms with van der Waals surface area (Å²) in [6, 6.07) is 2.73. The van der Waals surface area contributed by atoms with Crippen molar-refractivity contribution in [3.8, 4) is 0 Å². The standard InChI is InChI=1S/C12H13FN2O5/c1-12(2,6-10(16)17)14-11(18)7-3-4-9(15(19)20)8(13)5-7/h3-5H,6H2,1-2H3,(H,14,18)(H,16,17). The molecule has 1 aromatic rings. The van der Waals surface area contributed by atoms with E-state index in [-0.39, 0.29) is 12.0 Å². The van der Waals surface area contributed by atoms with E-state index in [1.54, 1.807) is 0 Å². The van der Waals surface area contributed by atoms with Crippen LogP contribution in [0.25, 0.3) is 0 Å². The number of carboxylic acids is 1. The van der Waals surface area contributed by atoms with Crippen LogP contribution >= 0.6 is 0 Å². The monoisotopic (exact) mass is 284 g/mol. The van der Waals surface area contributed by atoms with E-state index in [2.05, 4.69) is 5.32 Å². The first-order chi connectivity index (χ1) is 9.12. The van der Waals surface area contributed by atoms with Crippen LogP contribution in [0, 0.1) is 15.9 Å². The van der Waals surface area contributed by atoms with Gasteiger partial charge in [-0.3, -0.25) is 19.7 Å². The van der Waals surface area contributed by atoms with E-state index >= 15 is 0 Å². The molecule has 1 aromatic carbocycles. The number of carbonyl (C=O) groups is 2. The summed E-state index contributed by atoms with van der Waals surface area (Å²) in [6.45, 7) is 3.00. The van der Waals surface area contributed by atoms with Gasteiger partial charge < -0.3 is 10.4 Å². The first-order valence-corrected chi connectivity index (χ1v) is 5.60. The SMILES string of the molecule is CC(C)(CC(=O)O)NC(=O)c1ccc([N+](=O)[O-])c(F)c1. The number of hydrogen-bond donors (Lipinski definition) is 2. The maximum Gasteiger partial charge on any atom is 0.305 e.